The Balaban J connectivity index is 0.00000392. The Kier molecular flexibility index (Phi) is 11.4. The number of benzene rings is 1. The first kappa shape index (κ1) is 24.6. The molecular weight excluding hydrogens is 474 g/mol. The maximum atomic E-state index is 13.1. The Labute approximate surface area is 184 Å². The monoisotopic (exact) mass is 506 g/mol. The van der Waals surface area contributed by atoms with Gasteiger partial charge in [0.1, 0.15) is 11.9 Å². The van der Waals surface area contributed by atoms with Crippen LogP contribution in [0.3, 0.4) is 0 Å². The predicted octanol–water partition coefficient (Wildman–Crippen LogP) is 2.94. The van der Waals surface area contributed by atoms with Gasteiger partial charge in [0.2, 0.25) is 5.91 Å². The molecule has 1 unspecified atom stereocenters. The molecule has 1 aromatic rings. The zero-order valence-corrected chi connectivity index (χ0v) is 19.2. The number of nitrogens with one attached hydrogen (secondary N) is 2. The van der Waals surface area contributed by atoms with Crippen molar-refractivity contribution in [2.45, 2.75) is 32.3 Å². The largest absolute Gasteiger partial charge is 0.375 e. The van der Waals surface area contributed by atoms with Gasteiger partial charge in [-0.1, -0.05) is 12.1 Å². The summed E-state index contributed by atoms with van der Waals surface area (Å²) in [5.41, 5.74) is 0.905. The van der Waals surface area contributed by atoms with E-state index in [4.69, 9.17) is 9.73 Å². The van der Waals surface area contributed by atoms with Gasteiger partial charge in [0.05, 0.1) is 6.54 Å². The van der Waals surface area contributed by atoms with Gasteiger partial charge < -0.3 is 20.3 Å². The highest BCUT2D eigenvalue weighted by Gasteiger charge is 2.23. The summed E-state index contributed by atoms with van der Waals surface area (Å²) < 4.78 is 18.7. The van der Waals surface area contributed by atoms with Crippen molar-refractivity contribution in [2.24, 2.45) is 10.9 Å². The molecule has 0 aliphatic carbocycles. The molecule has 1 fully saturated rings. The van der Waals surface area contributed by atoms with Gasteiger partial charge in [-0.25, -0.2) is 4.39 Å². The molecular formula is C20H32FIN4O2. The van der Waals surface area contributed by atoms with Gasteiger partial charge in [0.25, 0.3) is 0 Å². The SMILES string of the molecule is CCNC(=NCC(OC)c1ccc(F)cc1)N1CCC(CC(=O)NC)CC1.I. The fourth-order valence-corrected chi connectivity index (χ4v) is 3.30. The van der Waals surface area contributed by atoms with Crippen LogP contribution in [0.4, 0.5) is 4.39 Å². The summed E-state index contributed by atoms with van der Waals surface area (Å²) in [5.74, 6) is 1.14. The summed E-state index contributed by atoms with van der Waals surface area (Å²) in [5, 5.41) is 6.04. The van der Waals surface area contributed by atoms with E-state index in [1.807, 2.05) is 6.92 Å². The lowest BCUT2D eigenvalue weighted by Gasteiger charge is -2.34. The minimum atomic E-state index is -0.259. The van der Waals surface area contributed by atoms with Crippen LogP contribution in [0.2, 0.25) is 0 Å². The summed E-state index contributed by atoms with van der Waals surface area (Å²) in [4.78, 5) is 18.5. The molecule has 6 nitrogen and oxygen atoms in total. The molecule has 1 aromatic carbocycles. The fraction of sp³-hybridized carbons (Fsp3) is 0.600. The molecule has 1 heterocycles. The Morgan fingerprint density at radius 3 is 2.50 bits per heavy atom. The molecule has 8 heteroatoms. The Bertz CT molecular complexity index is 619. The first-order valence-electron chi connectivity index (χ1n) is 9.59. The summed E-state index contributed by atoms with van der Waals surface area (Å²) >= 11 is 0. The van der Waals surface area contributed by atoms with Gasteiger partial charge in [-0.05, 0) is 43.4 Å². The molecule has 0 spiro atoms. The second kappa shape index (κ2) is 12.9. The van der Waals surface area contributed by atoms with Crippen molar-refractivity contribution in [1.29, 1.82) is 0 Å². The average molecular weight is 506 g/mol. The van der Waals surface area contributed by atoms with E-state index in [1.54, 1.807) is 26.3 Å². The van der Waals surface area contributed by atoms with Crippen LogP contribution in [0.5, 0.6) is 0 Å². The number of amides is 1. The van der Waals surface area contributed by atoms with Crippen LogP contribution in [0.1, 0.15) is 37.9 Å². The molecule has 0 aromatic heterocycles. The highest BCUT2D eigenvalue weighted by Crippen LogP contribution is 2.21. The first-order valence-corrected chi connectivity index (χ1v) is 9.59. The second-order valence-electron chi connectivity index (χ2n) is 6.78. The van der Waals surface area contributed by atoms with Crippen LogP contribution in [-0.4, -0.2) is 57.1 Å². The van der Waals surface area contributed by atoms with Crippen LogP contribution in [0.15, 0.2) is 29.3 Å². The lowest BCUT2D eigenvalue weighted by molar-refractivity contribution is -0.121. The number of nitrogens with zero attached hydrogens (tertiary/aromatic N) is 2. The van der Waals surface area contributed by atoms with E-state index in [0.717, 1.165) is 44.0 Å². The third-order valence-corrected chi connectivity index (χ3v) is 4.94. The molecule has 2 rings (SSSR count). The number of carbonyl (C=O) groups excluding carboxylic acids is 1. The van der Waals surface area contributed by atoms with Crippen LogP contribution < -0.4 is 10.6 Å². The van der Waals surface area contributed by atoms with Crippen molar-refractivity contribution in [3.05, 3.63) is 35.6 Å². The normalized spacial score (nSPS) is 16.3. The average Bonchev–Trinajstić information content (AvgIpc) is 2.69. The molecule has 1 aliphatic rings. The third kappa shape index (κ3) is 7.54. The van der Waals surface area contributed by atoms with Crippen molar-refractivity contribution < 1.29 is 13.9 Å². The number of methoxy groups -OCH3 is 1. The van der Waals surface area contributed by atoms with Crippen LogP contribution in [-0.2, 0) is 9.53 Å². The highest BCUT2D eigenvalue weighted by molar-refractivity contribution is 14.0. The van der Waals surface area contributed by atoms with Gasteiger partial charge in [-0.3, -0.25) is 9.79 Å². The number of carbonyl (C=O) groups is 1. The number of halogens is 2. The standard InChI is InChI=1S/C20H31FN4O2.HI/c1-4-23-20(25-11-9-15(10-12-25)13-19(26)22-2)24-14-18(27-3)16-5-7-17(21)8-6-16;/h5-8,15,18H,4,9-14H2,1-3H3,(H,22,26)(H,23,24);1H. The molecule has 0 bridgehead atoms. The number of piperidine rings is 1. The van der Waals surface area contributed by atoms with Crippen molar-refractivity contribution in [3.63, 3.8) is 0 Å². The minimum absolute atomic E-state index is 0. The number of guanidine groups is 1. The number of rotatable bonds is 7. The first-order chi connectivity index (χ1) is 13.1. The van der Waals surface area contributed by atoms with Crippen molar-refractivity contribution in [2.75, 3.05) is 40.3 Å². The van der Waals surface area contributed by atoms with E-state index in [9.17, 15) is 9.18 Å². The topological polar surface area (TPSA) is 66.0 Å². The van der Waals surface area contributed by atoms with Gasteiger partial charge in [0.15, 0.2) is 5.96 Å². The molecule has 1 atom stereocenters. The molecule has 0 radical (unpaired) electrons. The number of aliphatic imine (C=N–C) groups is 1. The molecule has 1 amide bonds. The number of ether oxygens (including phenoxy) is 1. The number of hydrogen-bond donors (Lipinski definition) is 2. The van der Waals surface area contributed by atoms with E-state index >= 15 is 0 Å². The molecule has 28 heavy (non-hydrogen) atoms. The fourth-order valence-electron chi connectivity index (χ4n) is 3.30. The Hall–Kier alpha value is -1.42. The van der Waals surface area contributed by atoms with Crippen molar-refractivity contribution in [1.82, 2.24) is 15.5 Å². The van der Waals surface area contributed by atoms with Crippen molar-refractivity contribution >= 4 is 35.8 Å². The maximum Gasteiger partial charge on any atom is 0.220 e. The lowest BCUT2D eigenvalue weighted by Crippen LogP contribution is -2.46. The van der Waals surface area contributed by atoms with Crippen LogP contribution in [0.25, 0.3) is 0 Å². The molecule has 2 N–H and O–H groups in total. The summed E-state index contributed by atoms with van der Waals surface area (Å²) in [6.07, 6.45) is 2.33. The minimum Gasteiger partial charge on any atom is -0.375 e. The lowest BCUT2D eigenvalue weighted by atomic mass is 9.93. The maximum absolute atomic E-state index is 13.1. The predicted molar refractivity (Wildman–Crippen MR) is 121 cm³/mol. The van der Waals surface area contributed by atoms with E-state index in [2.05, 4.69) is 15.5 Å². The zero-order chi connectivity index (χ0) is 19.6. The number of hydrogen-bond acceptors (Lipinski definition) is 3. The third-order valence-electron chi connectivity index (χ3n) is 4.94. The molecule has 158 valence electrons. The van der Waals surface area contributed by atoms with Crippen LogP contribution >= 0.6 is 24.0 Å². The number of likely N-dealkylation sites (tertiary alicyclic amines) is 1. The zero-order valence-electron chi connectivity index (χ0n) is 16.9. The van der Waals surface area contributed by atoms with Gasteiger partial charge in [0, 0.05) is 40.2 Å². The van der Waals surface area contributed by atoms with Gasteiger partial charge in [-0.2, -0.15) is 0 Å². The summed E-state index contributed by atoms with van der Waals surface area (Å²) in [6, 6.07) is 6.34. The van der Waals surface area contributed by atoms with Gasteiger partial charge >= 0.3 is 0 Å². The second-order valence-corrected chi connectivity index (χ2v) is 6.78. The molecule has 1 aliphatic heterocycles. The highest BCUT2D eigenvalue weighted by atomic mass is 127. The quantitative estimate of drug-likeness (QED) is 0.339. The smallest absolute Gasteiger partial charge is 0.220 e. The van der Waals surface area contributed by atoms with Crippen LogP contribution in [0, 0.1) is 11.7 Å². The molecule has 0 saturated carbocycles. The van der Waals surface area contributed by atoms with E-state index in [1.165, 1.54) is 12.1 Å². The Morgan fingerprint density at radius 1 is 1.32 bits per heavy atom. The summed E-state index contributed by atoms with van der Waals surface area (Å²) in [7, 11) is 3.32. The van der Waals surface area contributed by atoms with E-state index in [-0.39, 0.29) is 41.8 Å². The Morgan fingerprint density at radius 2 is 1.96 bits per heavy atom. The van der Waals surface area contributed by atoms with E-state index < -0.39 is 0 Å². The summed E-state index contributed by atoms with van der Waals surface area (Å²) in [6.45, 7) is 5.04. The van der Waals surface area contributed by atoms with Crippen molar-refractivity contribution in [3.8, 4) is 0 Å². The van der Waals surface area contributed by atoms with E-state index in [0.29, 0.717) is 18.9 Å². The van der Waals surface area contributed by atoms with Gasteiger partial charge in [-0.15, -0.1) is 24.0 Å². The molecule has 1 saturated heterocycles.